The molecule has 8 heteroatoms. The first kappa shape index (κ1) is 21.9. The summed E-state index contributed by atoms with van der Waals surface area (Å²) in [6.07, 6.45) is 0. The number of benzene rings is 3. The molecule has 1 heterocycles. The van der Waals surface area contributed by atoms with E-state index >= 15 is 0 Å². The maximum absolute atomic E-state index is 13.0. The van der Waals surface area contributed by atoms with E-state index in [1.807, 2.05) is 55.4 Å². The lowest BCUT2D eigenvalue weighted by molar-refractivity contribution is 0.102. The highest BCUT2D eigenvalue weighted by Gasteiger charge is 2.10. The third-order valence-electron chi connectivity index (χ3n) is 4.82. The highest BCUT2D eigenvalue weighted by molar-refractivity contribution is 14.1. The summed E-state index contributed by atoms with van der Waals surface area (Å²) < 4.78 is 14.1. The number of nitrogens with zero attached hydrogens (tertiary/aromatic N) is 3. The van der Waals surface area contributed by atoms with E-state index in [-0.39, 0.29) is 11.7 Å². The zero-order chi connectivity index (χ0) is 22.7. The second-order valence-electron chi connectivity index (χ2n) is 7.44. The number of hydrogen-bond donors (Lipinski definition) is 2. The molecule has 0 saturated carbocycles. The van der Waals surface area contributed by atoms with Crippen molar-refractivity contribution in [3.05, 3.63) is 87.2 Å². The molecule has 0 saturated heterocycles. The zero-order valence-corrected chi connectivity index (χ0v) is 19.7. The molecule has 0 radical (unpaired) electrons. The molecule has 162 valence electrons. The van der Waals surface area contributed by atoms with Crippen molar-refractivity contribution in [2.75, 3.05) is 29.6 Å². The van der Waals surface area contributed by atoms with Gasteiger partial charge in [-0.1, -0.05) is 12.1 Å². The van der Waals surface area contributed by atoms with Crippen LogP contribution in [0.25, 0.3) is 10.9 Å². The van der Waals surface area contributed by atoms with Gasteiger partial charge in [-0.2, -0.15) is 4.98 Å². The van der Waals surface area contributed by atoms with E-state index in [2.05, 4.69) is 49.3 Å². The first-order chi connectivity index (χ1) is 15.4. The van der Waals surface area contributed by atoms with Crippen LogP contribution in [0.2, 0.25) is 0 Å². The van der Waals surface area contributed by atoms with E-state index in [9.17, 15) is 9.18 Å². The molecule has 6 nitrogen and oxygen atoms in total. The Kier molecular flexibility index (Phi) is 6.50. The van der Waals surface area contributed by atoms with Crippen molar-refractivity contribution in [2.24, 2.45) is 0 Å². The molecule has 0 unspecified atom stereocenters. The maximum Gasteiger partial charge on any atom is 0.255 e. The average molecular weight is 541 g/mol. The average Bonchev–Trinajstić information content (AvgIpc) is 2.78. The Labute approximate surface area is 199 Å². The molecular weight excluding hydrogens is 520 g/mol. The molecule has 0 aliphatic carbocycles. The van der Waals surface area contributed by atoms with E-state index in [1.165, 1.54) is 24.3 Å². The van der Waals surface area contributed by atoms with Gasteiger partial charge in [0.15, 0.2) is 0 Å². The SMILES string of the molecule is CN(C)c1nc(NCc2ccc(NC(=O)c3ccc(F)cc3)cc2)c2cc(I)ccc2n1. The van der Waals surface area contributed by atoms with E-state index in [0.29, 0.717) is 23.7 Å². The van der Waals surface area contributed by atoms with Gasteiger partial charge >= 0.3 is 0 Å². The summed E-state index contributed by atoms with van der Waals surface area (Å²) in [6, 6.07) is 19.1. The van der Waals surface area contributed by atoms with Crippen LogP contribution in [0.3, 0.4) is 0 Å². The van der Waals surface area contributed by atoms with Gasteiger partial charge in [0.2, 0.25) is 5.95 Å². The molecule has 3 aromatic carbocycles. The lowest BCUT2D eigenvalue weighted by Crippen LogP contribution is -2.14. The molecule has 1 aromatic heterocycles. The summed E-state index contributed by atoms with van der Waals surface area (Å²) in [6.45, 7) is 0.566. The molecule has 32 heavy (non-hydrogen) atoms. The fourth-order valence-electron chi connectivity index (χ4n) is 3.12. The summed E-state index contributed by atoms with van der Waals surface area (Å²) in [4.78, 5) is 23.5. The standard InChI is InChI=1S/C24H21FIN5O/c1-31(2)24-29-21-12-9-18(26)13-20(21)22(30-24)27-14-15-3-10-19(11-4-15)28-23(32)16-5-7-17(25)8-6-16/h3-13H,14H2,1-2H3,(H,28,32)(H,27,29,30). The molecule has 0 aliphatic heterocycles. The Bertz CT molecular complexity index is 1260. The minimum absolute atomic E-state index is 0.283. The second-order valence-corrected chi connectivity index (χ2v) is 8.69. The molecule has 0 aliphatic rings. The Morgan fingerprint density at radius 1 is 1.00 bits per heavy atom. The van der Waals surface area contributed by atoms with E-state index in [4.69, 9.17) is 0 Å². The maximum atomic E-state index is 13.0. The van der Waals surface area contributed by atoms with Crippen molar-refractivity contribution in [3.63, 3.8) is 0 Å². The first-order valence-electron chi connectivity index (χ1n) is 9.93. The summed E-state index contributed by atoms with van der Waals surface area (Å²) in [5, 5.41) is 7.20. The van der Waals surface area contributed by atoms with Crippen molar-refractivity contribution >= 4 is 56.9 Å². The van der Waals surface area contributed by atoms with Crippen LogP contribution in [0.5, 0.6) is 0 Å². The highest BCUT2D eigenvalue weighted by atomic mass is 127. The van der Waals surface area contributed by atoms with Gasteiger partial charge in [-0.25, -0.2) is 9.37 Å². The van der Waals surface area contributed by atoms with Crippen LogP contribution in [-0.4, -0.2) is 30.0 Å². The monoisotopic (exact) mass is 541 g/mol. The Morgan fingerprint density at radius 3 is 2.41 bits per heavy atom. The summed E-state index contributed by atoms with van der Waals surface area (Å²) in [5.41, 5.74) is 2.98. The zero-order valence-electron chi connectivity index (χ0n) is 17.6. The molecular formula is C24H21FIN5O. The smallest absolute Gasteiger partial charge is 0.255 e. The normalized spacial score (nSPS) is 10.8. The molecule has 0 fully saturated rings. The van der Waals surface area contributed by atoms with Crippen LogP contribution < -0.4 is 15.5 Å². The Balaban J connectivity index is 1.47. The quantitative estimate of drug-likeness (QED) is 0.324. The number of aromatic nitrogens is 2. The van der Waals surface area contributed by atoms with Crippen molar-refractivity contribution in [2.45, 2.75) is 6.54 Å². The molecule has 0 spiro atoms. The predicted octanol–water partition coefficient (Wildman–Crippen LogP) is 5.30. The molecule has 4 aromatic rings. The molecule has 2 N–H and O–H groups in total. The van der Waals surface area contributed by atoms with Gasteiger partial charge in [0.1, 0.15) is 11.6 Å². The molecule has 4 rings (SSSR count). The Morgan fingerprint density at radius 2 is 1.72 bits per heavy atom. The fourth-order valence-corrected chi connectivity index (χ4v) is 3.61. The minimum Gasteiger partial charge on any atom is -0.365 e. The van der Waals surface area contributed by atoms with E-state index in [0.717, 1.165) is 25.9 Å². The first-order valence-corrected chi connectivity index (χ1v) is 11.0. The van der Waals surface area contributed by atoms with Crippen LogP contribution >= 0.6 is 22.6 Å². The lowest BCUT2D eigenvalue weighted by atomic mass is 10.1. The third kappa shape index (κ3) is 5.13. The van der Waals surface area contributed by atoms with E-state index in [1.54, 1.807) is 0 Å². The van der Waals surface area contributed by atoms with E-state index < -0.39 is 0 Å². The fraction of sp³-hybridized carbons (Fsp3) is 0.125. The summed E-state index contributed by atoms with van der Waals surface area (Å²) in [7, 11) is 3.83. The summed E-state index contributed by atoms with van der Waals surface area (Å²) >= 11 is 2.28. The van der Waals surface area contributed by atoms with Gasteiger partial charge < -0.3 is 15.5 Å². The topological polar surface area (TPSA) is 70.2 Å². The van der Waals surface area contributed by atoms with Crippen molar-refractivity contribution in [1.82, 2.24) is 9.97 Å². The minimum atomic E-state index is -0.373. The summed E-state index contributed by atoms with van der Waals surface area (Å²) in [5.74, 6) is 0.752. The van der Waals surface area contributed by atoms with Gasteiger partial charge in [0.05, 0.1) is 5.52 Å². The third-order valence-corrected chi connectivity index (χ3v) is 5.50. The van der Waals surface area contributed by atoms with Crippen molar-refractivity contribution in [3.8, 4) is 0 Å². The predicted molar refractivity (Wildman–Crippen MR) is 135 cm³/mol. The number of amides is 1. The Hall–Kier alpha value is -3.27. The number of carbonyl (C=O) groups is 1. The van der Waals surface area contributed by atoms with Gasteiger partial charge in [0, 0.05) is 40.8 Å². The van der Waals surface area contributed by atoms with Crippen LogP contribution in [0.15, 0.2) is 66.7 Å². The van der Waals surface area contributed by atoms with Crippen LogP contribution in [0.1, 0.15) is 15.9 Å². The largest absolute Gasteiger partial charge is 0.365 e. The van der Waals surface area contributed by atoms with Crippen LogP contribution in [0, 0.1) is 9.39 Å². The molecule has 1 amide bonds. The number of carbonyl (C=O) groups excluding carboxylic acids is 1. The number of rotatable bonds is 6. The van der Waals surface area contributed by atoms with Gasteiger partial charge in [-0.3, -0.25) is 4.79 Å². The number of nitrogens with one attached hydrogen (secondary N) is 2. The van der Waals surface area contributed by atoms with Gasteiger partial charge in [0.25, 0.3) is 5.91 Å². The molecule has 0 atom stereocenters. The van der Waals surface area contributed by atoms with Gasteiger partial charge in [-0.15, -0.1) is 0 Å². The molecule has 0 bridgehead atoms. The second kappa shape index (κ2) is 9.47. The number of fused-ring (bicyclic) bond motifs is 1. The lowest BCUT2D eigenvalue weighted by Gasteiger charge is -2.15. The van der Waals surface area contributed by atoms with Crippen molar-refractivity contribution in [1.29, 1.82) is 0 Å². The number of anilines is 3. The number of halogens is 2. The van der Waals surface area contributed by atoms with Crippen LogP contribution in [-0.2, 0) is 6.54 Å². The van der Waals surface area contributed by atoms with Crippen LogP contribution in [0.4, 0.5) is 21.8 Å². The highest BCUT2D eigenvalue weighted by Crippen LogP contribution is 2.25. The van der Waals surface area contributed by atoms with Crippen molar-refractivity contribution < 1.29 is 9.18 Å². The van der Waals surface area contributed by atoms with Gasteiger partial charge in [-0.05, 0) is 82.8 Å². The number of hydrogen-bond acceptors (Lipinski definition) is 5.